The van der Waals surface area contributed by atoms with Crippen LogP contribution in [0.3, 0.4) is 0 Å². The summed E-state index contributed by atoms with van der Waals surface area (Å²) in [5.74, 6) is 0.822. The number of halogens is 2. The number of carbonyl (C=O) groups excluding carboxylic acids is 2. The van der Waals surface area contributed by atoms with Gasteiger partial charge in [0.05, 0.1) is 39.3 Å². The van der Waals surface area contributed by atoms with Crippen LogP contribution in [-0.2, 0) is 21.2 Å². The Morgan fingerprint density at radius 2 is 1.16 bits per heavy atom. The molecule has 2 aliphatic carbocycles. The number of benzene rings is 3. The number of hydrogen-bond donors (Lipinski definition) is 5. The maximum atomic E-state index is 11.7. The molecule has 19 heteroatoms. The average molecular weight is 988 g/mol. The van der Waals surface area contributed by atoms with Crippen molar-refractivity contribution in [1.82, 2.24) is 40.1 Å². The van der Waals surface area contributed by atoms with Crippen molar-refractivity contribution in [3.8, 4) is 28.2 Å². The monoisotopic (exact) mass is 986 g/mol. The zero-order valence-corrected chi connectivity index (χ0v) is 41.2. The molecule has 2 amide bonds. The van der Waals surface area contributed by atoms with Gasteiger partial charge < -0.3 is 36.3 Å². The van der Waals surface area contributed by atoms with E-state index in [0.717, 1.165) is 90.0 Å². The summed E-state index contributed by atoms with van der Waals surface area (Å²) in [5, 5.41) is 16.0. The van der Waals surface area contributed by atoms with Gasteiger partial charge in [-0.3, -0.25) is 9.59 Å². The molecule has 4 heterocycles. The van der Waals surface area contributed by atoms with E-state index in [1.54, 1.807) is 12.4 Å². The predicted octanol–water partition coefficient (Wildman–Crippen LogP) is 6.86. The van der Waals surface area contributed by atoms with Gasteiger partial charge >= 0.3 is 41.1 Å². The van der Waals surface area contributed by atoms with E-state index in [-0.39, 0.29) is 78.4 Å². The fraction of sp³-hybridized carbons (Fsp3) is 0.265. The van der Waals surface area contributed by atoms with Crippen molar-refractivity contribution in [3.63, 3.8) is 0 Å². The Bertz CT molecular complexity index is 2840. The van der Waals surface area contributed by atoms with Gasteiger partial charge in [-0.25, -0.2) is 19.9 Å². The molecular weight excluding hydrogens is 935 g/mol. The number of fused-ring (bicyclic) bond motifs is 2. The Hall–Kier alpha value is -5.72. The van der Waals surface area contributed by atoms with Crippen LogP contribution in [0.2, 0.25) is 10.0 Å². The third-order valence-electron chi connectivity index (χ3n) is 11.4. The topological polar surface area (TPSA) is 219 Å². The Morgan fingerprint density at radius 3 is 1.71 bits per heavy atom. The molecule has 350 valence electrons. The quantitative estimate of drug-likeness (QED) is 0.0666. The predicted molar refractivity (Wildman–Crippen MR) is 267 cm³/mol. The van der Waals surface area contributed by atoms with Crippen molar-refractivity contribution in [3.05, 3.63) is 139 Å². The number of hydrogen-bond acceptors (Lipinski definition) is 11. The smallest absolute Gasteiger partial charge is 0.870 e. The van der Waals surface area contributed by atoms with Crippen LogP contribution in [0.5, 0.6) is 0 Å². The Labute approximate surface area is 431 Å². The fourth-order valence-corrected chi connectivity index (χ4v) is 8.86. The van der Waals surface area contributed by atoms with Gasteiger partial charge in [-0.1, -0.05) is 98.4 Å². The molecule has 2 fully saturated rings. The minimum absolute atomic E-state index is 0. The number of para-hydroxylation sites is 3. The number of H-pyrrole nitrogens is 1. The summed E-state index contributed by atoms with van der Waals surface area (Å²) in [6.07, 6.45) is 17.5. The second-order valence-electron chi connectivity index (χ2n) is 15.7. The second kappa shape index (κ2) is 26.7. The molecule has 0 spiro atoms. The number of aromatic amines is 1. The number of anilines is 2. The first kappa shape index (κ1) is 54.9. The normalized spacial score (nSPS) is 17.1. The molecule has 68 heavy (non-hydrogen) atoms. The van der Waals surface area contributed by atoms with E-state index >= 15 is 0 Å². The summed E-state index contributed by atoms with van der Waals surface area (Å²) < 4.78 is 18.7. The first-order chi connectivity index (χ1) is 31.7. The zero-order valence-electron chi connectivity index (χ0n) is 36.8. The molecule has 4 aromatic heterocycles. The molecule has 15 nitrogen and oxygen atoms in total. The van der Waals surface area contributed by atoms with Gasteiger partial charge in [-0.15, -0.1) is 0 Å². The molecule has 9 rings (SSSR count). The molecule has 4 atom stereocenters. The van der Waals surface area contributed by atoms with Crippen molar-refractivity contribution in [2.75, 3.05) is 10.6 Å². The molecule has 0 saturated heterocycles. The summed E-state index contributed by atoms with van der Waals surface area (Å²) >= 11 is 12.3. The molecule has 0 radical (unpaired) electrons. The first-order valence-corrected chi connectivity index (χ1v) is 22.7. The summed E-state index contributed by atoms with van der Waals surface area (Å²) in [5.41, 5.74) is 6.49. The molecule has 0 unspecified atom stereocenters. The van der Waals surface area contributed by atoms with E-state index in [4.69, 9.17) is 36.6 Å². The third-order valence-corrected chi connectivity index (χ3v) is 12.0. The maximum Gasteiger partial charge on any atom is 1.00 e. The van der Waals surface area contributed by atoms with Crippen molar-refractivity contribution in [2.45, 2.75) is 83.0 Å². The number of rotatable bonds is 11. The van der Waals surface area contributed by atoms with Crippen molar-refractivity contribution in [1.29, 1.82) is 0 Å². The van der Waals surface area contributed by atoms with E-state index in [1.807, 2.05) is 60.8 Å². The van der Waals surface area contributed by atoms with E-state index in [1.165, 1.54) is 12.2 Å². The van der Waals surface area contributed by atoms with E-state index in [2.05, 4.69) is 89.4 Å². The van der Waals surface area contributed by atoms with Crippen molar-refractivity contribution in [2.24, 2.45) is 0 Å². The number of nitrogens with zero attached hydrogens (tertiary/aromatic N) is 5. The number of aromatic nitrogens is 6. The van der Waals surface area contributed by atoms with Crippen LogP contribution >= 0.6 is 23.2 Å². The third kappa shape index (κ3) is 13.9. The molecular formula is C49H53Cl2N10NaO5S. The minimum Gasteiger partial charge on any atom is -0.870 e. The molecule has 2 aliphatic rings. The molecule has 0 bridgehead atoms. The zero-order chi connectivity index (χ0) is 45.7. The Balaban J connectivity index is 0.000000273. The first-order valence-electron chi connectivity index (χ1n) is 21.3. The van der Waals surface area contributed by atoms with Gasteiger partial charge in [0.2, 0.25) is 23.7 Å². The largest absolute Gasteiger partial charge is 1.00 e. The number of nitrogens with one attached hydrogen (secondary N) is 5. The Morgan fingerprint density at radius 1 is 0.691 bits per heavy atom. The van der Waals surface area contributed by atoms with Crippen molar-refractivity contribution >= 4 is 80.3 Å². The van der Waals surface area contributed by atoms with Gasteiger partial charge in [0, 0.05) is 69.7 Å². The number of amides is 2. The van der Waals surface area contributed by atoms with Gasteiger partial charge in [0.1, 0.15) is 0 Å². The van der Waals surface area contributed by atoms with E-state index in [0.29, 0.717) is 33.3 Å². The molecule has 7 aromatic rings. The summed E-state index contributed by atoms with van der Waals surface area (Å²) in [4.78, 5) is 44.8. The Kier molecular flexibility index (Phi) is 21.6. The van der Waals surface area contributed by atoms with Crippen LogP contribution in [0.25, 0.3) is 50.0 Å². The van der Waals surface area contributed by atoms with Crippen LogP contribution < -0.4 is 50.8 Å². The van der Waals surface area contributed by atoms with Crippen LogP contribution in [0, 0.1) is 0 Å². The van der Waals surface area contributed by atoms with Gasteiger partial charge in [0.15, 0.2) is 0 Å². The van der Waals surface area contributed by atoms with Crippen LogP contribution in [0.15, 0.2) is 129 Å². The van der Waals surface area contributed by atoms with Crippen molar-refractivity contribution < 1.29 is 53.0 Å². The molecule has 0 aliphatic heterocycles. The van der Waals surface area contributed by atoms with Gasteiger partial charge in [-0.05, 0) is 87.8 Å². The molecule has 2 saturated carbocycles. The van der Waals surface area contributed by atoms with Gasteiger partial charge in [-0.2, -0.15) is 8.42 Å². The number of carbonyl (C=O) groups is 2. The van der Waals surface area contributed by atoms with E-state index in [9.17, 15) is 9.59 Å². The molecule has 6 N–H and O–H groups in total. The average Bonchev–Trinajstić information content (AvgIpc) is 3.94. The summed E-state index contributed by atoms with van der Waals surface area (Å²) in [6.45, 7) is 7.05. The summed E-state index contributed by atoms with van der Waals surface area (Å²) in [6, 6.07) is 27.1. The standard InChI is InChI=1S/C27H26ClN5O.C21H22ClN5O.CH4.Na.O2S.H2O/c1-2-25(34)30-18-9-8-10-19(15-18)31-27-29-16-23(28)26(32-27)22-17-33(20-11-4-3-5-12-20)24-14-7-6-13-21(22)24;1-2-19(28)25-13-6-5-7-14(10-13)26-21-24-12-17(22)20(27-21)16-11-23-18-9-4-3-8-15(16)18;;;1-3-2;/h2-7,11-14,16-19H,1,8-10,15H2,(H,30,34)(H,29,31,32);2-4,8-9,11-14,23H,1,5-7,10H2,(H,25,28)(H,24,26,27);1H4;;;1H2/q;;;+1;;/p-1/t18-,19+;13-,14+;;;;/m00..../s1. The second-order valence-corrected chi connectivity index (χ2v) is 16.6. The molecule has 3 aromatic carbocycles. The minimum atomic E-state index is -0.750. The van der Waals surface area contributed by atoms with Crippen LogP contribution in [0.4, 0.5) is 11.9 Å². The van der Waals surface area contributed by atoms with Gasteiger partial charge in [0.25, 0.3) is 0 Å². The maximum absolute atomic E-state index is 11.7. The SMILES string of the molecule is C.C=CC(=O)N[C@H]1CCC[C@@H](Nc2ncc(Cl)c(-c3c[nH]c4ccccc34)n2)C1.C=CC(=O)N[C@H]1CCC[C@@H](Nc2ncc(Cl)c(-c3cn(-c4ccccc4)c4ccccc34)n2)C1.O=S=O.[Na+].[OH-]. The van der Waals surface area contributed by atoms with Crippen LogP contribution in [-0.4, -0.2) is 79.4 Å². The summed E-state index contributed by atoms with van der Waals surface area (Å²) in [7, 11) is 0. The fourth-order valence-electron chi connectivity index (χ4n) is 8.48. The van der Waals surface area contributed by atoms with E-state index < -0.39 is 11.6 Å². The van der Waals surface area contributed by atoms with Crippen LogP contribution in [0.1, 0.15) is 58.8 Å².